The van der Waals surface area contributed by atoms with Gasteiger partial charge in [-0.05, 0) is 55.2 Å². The number of hydrogen-bond donors (Lipinski definition) is 2. The SMILES string of the molecule is N#Cc1cc2cnc(Nc3ccc(C4CNCCO4)cc3)nc2n(Cc2cccn2C2=CCCC2)c1=O. The van der Waals surface area contributed by atoms with Gasteiger partial charge in [0.2, 0.25) is 5.95 Å². The fourth-order valence-corrected chi connectivity index (χ4v) is 5.00. The van der Waals surface area contributed by atoms with Crippen LogP contribution in [-0.4, -0.2) is 38.8 Å². The lowest BCUT2D eigenvalue weighted by molar-refractivity contribution is 0.0277. The highest BCUT2D eigenvalue weighted by molar-refractivity contribution is 5.77. The van der Waals surface area contributed by atoms with E-state index in [1.165, 1.54) is 5.70 Å². The minimum Gasteiger partial charge on any atom is -0.371 e. The molecule has 6 rings (SSSR count). The summed E-state index contributed by atoms with van der Waals surface area (Å²) in [5.74, 6) is 0.377. The van der Waals surface area contributed by atoms with Crippen molar-refractivity contribution in [2.45, 2.75) is 31.9 Å². The minimum absolute atomic E-state index is 0.0439. The third-order valence-electron chi connectivity index (χ3n) is 6.89. The van der Waals surface area contributed by atoms with Crippen LogP contribution < -0.4 is 16.2 Å². The van der Waals surface area contributed by atoms with Crippen molar-refractivity contribution < 1.29 is 4.74 Å². The zero-order valence-electron chi connectivity index (χ0n) is 20.4. The lowest BCUT2D eigenvalue weighted by atomic mass is 10.1. The van der Waals surface area contributed by atoms with E-state index in [1.807, 2.05) is 48.7 Å². The maximum absolute atomic E-state index is 13.2. The van der Waals surface area contributed by atoms with E-state index < -0.39 is 0 Å². The number of nitrogens with zero attached hydrogens (tertiary/aromatic N) is 5. The molecule has 1 atom stereocenters. The van der Waals surface area contributed by atoms with Crippen molar-refractivity contribution in [2.24, 2.45) is 0 Å². The highest BCUT2D eigenvalue weighted by atomic mass is 16.5. The molecule has 2 aliphatic rings. The predicted octanol–water partition coefficient (Wildman–Crippen LogP) is 3.94. The Morgan fingerprint density at radius 3 is 2.89 bits per heavy atom. The van der Waals surface area contributed by atoms with Gasteiger partial charge in [0, 0.05) is 47.9 Å². The van der Waals surface area contributed by atoms with Gasteiger partial charge < -0.3 is 19.9 Å². The summed E-state index contributed by atoms with van der Waals surface area (Å²) in [6.07, 6.45) is 9.16. The molecular formula is C28H27N7O2. The molecule has 1 saturated heterocycles. The van der Waals surface area contributed by atoms with Crippen molar-refractivity contribution in [1.29, 1.82) is 5.26 Å². The first kappa shape index (κ1) is 23.2. The van der Waals surface area contributed by atoms with Crippen LogP contribution in [0.2, 0.25) is 0 Å². The Morgan fingerprint density at radius 2 is 2.14 bits per heavy atom. The third-order valence-corrected chi connectivity index (χ3v) is 6.89. The summed E-state index contributed by atoms with van der Waals surface area (Å²) in [5.41, 5.74) is 4.33. The molecule has 4 aromatic rings. The number of anilines is 2. The van der Waals surface area contributed by atoms with Gasteiger partial charge in [-0.1, -0.05) is 18.2 Å². The Balaban J connectivity index is 1.33. The summed E-state index contributed by atoms with van der Waals surface area (Å²) in [7, 11) is 0. The van der Waals surface area contributed by atoms with Gasteiger partial charge in [-0.2, -0.15) is 10.2 Å². The summed E-state index contributed by atoms with van der Waals surface area (Å²) < 4.78 is 9.53. The Bertz CT molecular complexity index is 1570. The van der Waals surface area contributed by atoms with Crippen molar-refractivity contribution in [1.82, 2.24) is 24.4 Å². The molecule has 9 heteroatoms. The second kappa shape index (κ2) is 10.0. The van der Waals surface area contributed by atoms with Crippen LogP contribution in [0.3, 0.4) is 0 Å². The lowest BCUT2D eigenvalue weighted by Crippen LogP contribution is -2.33. The van der Waals surface area contributed by atoms with Gasteiger partial charge in [-0.25, -0.2) is 4.98 Å². The van der Waals surface area contributed by atoms with Gasteiger partial charge in [0.05, 0.1) is 19.3 Å². The summed E-state index contributed by atoms with van der Waals surface area (Å²) in [4.78, 5) is 22.4. The van der Waals surface area contributed by atoms with Crippen molar-refractivity contribution in [3.8, 4) is 6.07 Å². The monoisotopic (exact) mass is 493 g/mol. The number of morpholine rings is 1. The molecule has 1 aliphatic carbocycles. The molecule has 1 aromatic carbocycles. The van der Waals surface area contributed by atoms with Gasteiger partial charge >= 0.3 is 0 Å². The van der Waals surface area contributed by atoms with E-state index in [1.54, 1.807) is 16.8 Å². The molecule has 0 bridgehead atoms. The van der Waals surface area contributed by atoms with E-state index >= 15 is 0 Å². The first-order valence-corrected chi connectivity index (χ1v) is 12.6. The maximum Gasteiger partial charge on any atom is 0.270 e. The minimum atomic E-state index is -0.363. The van der Waals surface area contributed by atoms with Crippen LogP contribution in [0, 0.1) is 11.3 Å². The molecule has 3 aromatic heterocycles. The summed E-state index contributed by atoms with van der Waals surface area (Å²) in [6, 6.07) is 15.6. The number of hydrogen-bond acceptors (Lipinski definition) is 7. The fourth-order valence-electron chi connectivity index (χ4n) is 5.00. The Labute approximate surface area is 214 Å². The first-order chi connectivity index (χ1) is 18.2. The maximum atomic E-state index is 13.2. The Kier molecular flexibility index (Phi) is 6.26. The molecule has 2 N–H and O–H groups in total. The highest BCUT2D eigenvalue weighted by Gasteiger charge is 2.17. The van der Waals surface area contributed by atoms with Crippen LogP contribution >= 0.6 is 0 Å². The predicted molar refractivity (Wildman–Crippen MR) is 141 cm³/mol. The molecule has 186 valence electrons. The largest absolute Gasteiger partial charge is 0.371 e. The number of nitriles is 1. The van der Waals surface area contributed by atoms with Gasteiger partial charge in [0.15, 0.2) is 0 Å². The molecular weight excluding hydrogens is 466 g/mol. The normalized spacial score (nSPS) is 17.5. The van der Waals surface area contributed by atoms with Crippen LogP contribution in [0.25, 0.3) is 16.7 Å². The second-order valence-electron chi connectivity index (χ2n) is 9.30. The average Bonchev–Trinajstić information content (AvgIpc) is 3.63. The van der Waals surface area contributed by atoms with Gasteiger partial charge in [0.1, 0.15) is 17.3 Å². The molecule has 1 unspecified atom stereocenters. The van der Waals surface area contributed by atoms with Crippen LogP contribution in [0.1, 0.15) is 42.2 Å². The quantitative estimate of drug-likeness (QED) is 0.419. The zero-order chi connectivity index (χ0) is 25.2. The third kappa shape index (κ3) is 4.65. The van der Waals surface area contributed by atoms with E-state index in [0.29, 0.717) is 30.1 Å². The van der Waals surface area contributed by atoms with Crippen molar-refractivity contribution in [3.63, 3.8) is 0 Å². The molecule has 37 heavy (non-hydrogen) atoms. The number of aromatic nitrogens is 4. The van der Waals surface area contributed by atoms with E-state index in [0.717, 1.165) is 49.3 Å². The number of rotatable bonds is 6. The van der Waals surface area contributed by atoms with Crippen molar-refractivity contribution in [3.05, 3.63) is 88.1 Å². The summed E-state index contributed by atoms with van der Waals surface area (Å²) in [5, 5.41) is 16.8. The summed E-state index contributed by atoms with van der Waals surface area (Å²) >= 11 is 0. The highest BCUT2D eigenvalue weighted by Crippen LogP contribution is 2.26. The lowest BCUT2D eigenvalue weighted by Gasteiger charge is -2.24. The number of pyridine rings is 1. The van der Waals surface area contributed by atoms with E-state index in [-0.39, 0.29) is 17.2 Å². The molecule has 0 radical (unpaired) electrons. The number of fused-ring (bicyclic) bond motifs is 1. The molecule has 1 aliphatic heterocycles. The average molecular weight is 494 g/mol. The Morgan fingerprint density at radius 1 is 1.24 bits per heavy atom. The molecule has 1 fully saturated rings. The number of nitrogens with one attached hydrogen (secondary N) is 2. The van der Waals surface area contributed by atoms with Gasteiger partial charge in [-0.3, -0.25) is 9.36 Å². The Hall–Kier alpha value is -4.26. The number of ether oxygens (including phenoxy) is 1. The van der Waals surface area contributed by atoms with Gasteiger partial charge in [-0.15, -0.1) is 0 Å². The molecule has 4 heterocycles. The van der Waals surface area contributed by atoms with E-state index in [4.69, 9.17) is 9.72 Å². The summed E-state index contributed by atoms with van der Waals surface area (Å²) in [6.45, 7) is 2.67. The van der Waals surface area contributed by atoms with Crippen molar-refractivity contribution >= 4 is 28.4 Å². The van der Waals surface area contributed by atoms with Gasteiger partial charge in [0.25, 0.3) is 5.56 Å². The van der Waals surface area contributed by atoms with Crippen LogP contribution in [-0.2, 0) is 11.3 Å². The van der Waals surface area contributed by atoms with Crippen molar-refractivity contribution in [2.75, 3.05) is 25.0 Å². The number of allylic oxidation sites excluding steroid dienone is 2. The first-order valence-electron chi connectivity index (χ1n) is 12.6. The fraction of sp³-hybridized carbons (Fsp3) is 0.286. The molecule has 9 nitrogen and oxygen atoms in total. The zero-order valence-corrected chi connectivity index (χ0v) is 20.4. The number of benzene rings is 1. The molecule has 0 saturated carbocycles. The standard InChI is InChI=1S/C28H27N7O2/c29-15-20-14-21-16-31-28(32-22-9-7-19(8-10-22)25-17-30-11-13-37-25)33-26(21)35(27(20)36)18-24-6-3-12-34(24)23-4-1-2-5-23/h3-4,6-10,12,14,16,25,30H,1-2,5,11,13,17-18H2,(H,31,32,33). The van der Waals surface area contributed by atoms with E-state index in [9.17, 15) is 10.1 Å². The van der Waals surface area contributed by atoms with Crippen LogP contribution in [0.15, 0.2) is 65.7 Å². The smallest absolute Gasteiger partial charge is 0.270 e. The second-order valence-corrected chi connectivity index (χ2v) is 9.30. The van der Waals surface area contributed by atoms with Crippen LogP contribution in [0.4, 0.5) is 11.6 Å². The van der Waals surface area contributed by atoms with E-state index in [2.05, 4.69) is 26.3 Å². The topological polar surface area (TPSA) is 110 Å². The molecule has 0 amide bonds. The van der Waals surface area contributed by atoms with Crippen LogP contribution in [0.5, 0.6) is 0 Å². The molecule has 0 spiro atoms.